The van der Waals surface area contributed by atoms with Crippen LogP contribution in [0.4, 0.5) is 0 Å². The molecular weight excluding hydrogens is 274 g/mol. The van der Waals surface area contributed by atoms with Crippen molar-refractivity contribution in [3.05, 3.63) is 24.3 Å². The summed E-state index contributed by atoms with van der Waals surface area (Å²) < 4.78 is 11.0. The van der Waals surface area contributed by atoms with Crippen LogP contribution in [-0.4, -0.2) is 35.7 Å². The number of benzene rings is 1. The Bertz CT molecular complexity index is 531. The highest BCUT2D eigenvalue weighted by atomic mass is 16.6. The Kier molecular flexibility index (Phi) is 4.67. The van der Waals surface area contributed by atoms with Gasteiger partial charge in [-0.25, -0.2) is 4.79 Å². The molecule has 0 aromatic heterocycles. The van der Waals surface area contributed by atoms with E-state index in [4.69, 9.17) is 9.47 Å². The van der Waals surface area contributed by atoms with Gasteiger partial charge >= 0.3 is 5.97 Å². The van der Waals surface area contributed by atoms with E-state index in [0.717, 1.165) is 0 Å². The average Bonchev–Trinajstić information content (AvgIpc) is 2.50. The number of amides is 1. The number of carboxylic acid groups (broad SMARTS) is 1. The Morgan fingerprint density at radius 3 is 2.67 bits per heavy atom. The number of fused-ring (bicyclic) bond motifs is 1. The number of carboxylic acids is 1. The molecule has 1 aliphatic heterocycles. The van der Waals surface area contributed by atoms with Crippen LogP contribution >= 0.6 is 0 Å². The molecule has 0 aliphatic carbocycles. The number of aliphatic carboxylic acids is 1. The molecule has 6 heteroatoms. The van der Waals surface area contributed by atoms with Gasteiger partial charge in [-0.2, -0.15) is 0 Å². The van der Waals surface area contributed by atoms with E-state index in [-0.39, 0.29) is 12.5 Å². The van der Waals surface area contributed by atoms with Crippen LogP contribution in [0.1, 0.15) is 20.3 Å². The number of ether oxygens (including phenoxy) is 2. The Morgan fingerprint density at radius 2 is 2.05 bits per heavy atom. The number of hydrogen-bond donors (Lipinski definition) is 2. The second-order valence-electron chi connectivity index (χ2n) is 5.07. The van der Waals surface area contributed by atoms with Gasteiger partial charge in [0.15, 0.2) is 11.5 Å². The maximum atomic E-state index is 12.2. The number of nitrogens with one attached hydrogen (secondary N) is 1. The zero-order valence-corrected chi connectivity index (χ0v) is 12.0. The summed E-state index contributed by atoms with van der Waals surface area (Å²) in [4.78, 5) is 23.4. The van der Waals surface area contributed by atoms with Crippen LogP contribution in [-0.2, 0) is 9.59 Å². The summed E-state index contributed by atoms with van der Waals surface area (Å²) >= 11 is 0. The molecule has 114 valence electrons. The maximum absolute atomic E-state index is 12.2. The fourth-order valence-electron chi connectivity index (χ4n) is 2.08. The van der Waals surface area contributed by atoms with Gasteiger partial charge in [-0.15, -0.1) is 0 Å². The van der Waals surface area contributed by atoms with Crippen molar-refractivity contribution in [2.75, 3.05) is 6.61 Å². The van der Waals surface area contributed by atoms with Gasteiger partial charge in [0.2, 0.25) is 6.10 Å². The summed E-state index contributed by atoms with van der Waals surface area (Å²) in [5, 5.41) is 11.7. The molecule has 21 heavy (non-hydrogen) atoms. The lowest BCUT2D eigenvalue weighted by atomic mass is 9.99. The number of rotatable bonds is 5. The minimum atomic E-state index is -1.05. The fourth-order valence-corrected chi connectivity index (χ4v) is 2.08. The van der Waals surface area contributed by atoms with E-state index in [1.807, 2.05) is 13.0 Å². The quantitative estimate of drug-likeness (QED) is 0.858. The molecule has 1 heterocycles. The van der Waals surface area contributed by atoms with Crippen LogP contribution in [0.15, 0.2) is 24.3 Å². The first-order valence-electron chi connectivity index (χ1n) is 6.94. The van der Waals surface area contributed by atoms with Crippen molar-refractivity contribution < 1.29 is 24.2 Å². The maximum Gasteiger partial charge on any atom is 0.326 e. The standard InChI is InChI=1S/C15H19NO5/c1-3-9(2)13(15(18)19)16-14(17)12-8-20-10-6-4-5-7-11(10)21-12/h4-7,9,12-13H,3,8H2,1-2H3,(H,16,17)(H,18,19). The van der Waals surface area contributed by atoms with Crippen molar-refractivity contribution in [3.8, 4) is 11.5 Å². The van der Waals surface area contributed by atoms with Gasteiger partial charge in [-0.05, 0) is 18.1 Å². The molecule has 6 nitrogen and oxygen atoms in total. The lowest BCUT2D eigenvalue weighted by Gasteiger charge is -2.27. The molecule has 0 bridgehead atoms. The summed E-state index contributed by atoms with van der Waals surface area (Å²) in [7, 11) is 0. The molecule has 0 saturated carbocycles. The molecule has 0 fully saturated rings. The third-order valence-corrected chi connectivity index (χ3v) is 3.58. The minimum Gasteiger partial charge on any atom is -0.485 e. The van der Waals surface area contributed by atoms with E-state index in [1.54, 1.807) is 25.1 Å². The van der Waals surface area contributed by atoms with Gasteiger partial charge in [-0.1, -0.05) is 32.4 Å². The lowest BCUT2D eigenvalue weighted by molar-refractivity contribution is -0.145. The molecule has 0 saturated heterocycles. The molecule has 0 radical (unpaired) electrons. The minimum absolute atomic E-state index is 0.0652. The van der Waals surface area contributed by atoms with Crippen LogP contribution in [0.5, 0.6) is 11.5 Å². The lowest BCUT2D eigenvalue weighted by Crippen LogP contribution is -2.52. The summed E-state index contributed by atoms with van der Waals surface area (Å²) in [6.45, 7) is 3.73. The van der Waals surface area contributed by atoms with Gasteiger partial charge in [0.05, 0.1) is 0 Å². The van der Waals surface area contributed by atoms with Gasteiger partial charge in [0.1, 0.15) is 12.6 Å². The summed E-state index contributed by atoms with van der Waals surface area (Å²) in [6.07, 6.45) is -0.187. The number of para-hydroxylation sites is 2. The van der Waals surface area contributed by atoms with Crippen LogP contribution in [0.25, 0.3) is 0 Å². The highest BCUT2D eigenvalue weighted by Crippen LogP contribution is 2.30. The third kappa shape index (κ3) is 3.45. The molecule has 1 aliphatic rings. The molecule has 1 aromatic carbocycles. The van der Waals surface area contributed by atoms with Gasteiger partial charge in [0.25, 0.3) is 5.91 Å². The second kappa shape index (κ2) is 6.47. The number of carbonyl (C=O) groups is 2. The van der Waals surface area contributed by atoms with Crippen LogP contribution in [0.3, 0.4) is 0 Å². The largest absolute Gasteiger partial charge is 0.485 e. The van der Waals surface area contributed by atoms with Crippen LogP contribution < -0.4 is 14.8 Å². The summed E-state index contributed by atoms with van der Waals surface area (Å²) in [5.41, 5.74) is 0. The highest BCUT2D eigenvalue weighted by molar-refractivity contribution is 5.87. The molecule has 2 N–H and O–H groups in total. The van der Waals surface area contributed by atoms with Crippen molar-refractivity contribution in [1.82, 2.24) is 5.32 Å². The molecule has 3 unspecified atom stereocenters. The summed E-state index contributed by atoms with van der Waals surface area (Å²) in [5.74, 6) is -0.618. The van der Waals surface area contributed by atoms with Crippen molar-refractivity contribution >= 4 is 11.9 Å². The van der Waals surface area contributed by atoms with Gasteiger partial charge in [-0.3, -0.25) is 4.79 Å². The van der Waals surface area contributed by atoms with Crippen LogP contribution in [0.2, 0.25) is 0 Å². The van der Waals surface area contributed by atoms with E-state index < -0.39 is 24.0 Å². The number of hydrogen-bond acceptors (Lipinski definition) is 4. The Balaban J connectivity index is 2.03. The Morgan fingerprint density at radius 1 is 1.38 bits per heavy atom. The SMILES string of the molecule is CCC(C)C(NC(=O)C1COc2ccccc2O1)C(=O)O. The molecule has 1 aromatic rings. The second-order valence-corrected chi connectivity index (χ2v) is 5.07. The fraction of sp³-hybridized carbons (Fsp3) is 0.467. The zero-order chi connectivity index (χ0) is 15.4. The van der Waals surface area contributed by atoms with E-state index in [2.05, 4.69) is 5.32 Å². The van der Waals surface area contributed by atoms with Crippen molar-refractivity contribution in [3.63, 3.8) is 0 Å². The smallest absolute Gasteiger partial charge is 0.326 e. The van der Waals surface area contributed by atoms with Crippen molar-refractivity contribution in [1.29, 1.82) is 0 Å². The molecule has 3 atom stereocenters. The zero-order valence-electron chi connectivity index (χ0n) is 12.0. The Hall–Kier alpha value is -2.24. The normalized spacial score (nSPS) is 19.4. The molecule has 1 amide bonds. The summed E-state index contributed by atoms with van der Waals surface area (Å²) in [6, 6.07) is 6.12. The monoisotopic (exact) mass is 293 g/mol. The molecular formula is C15H19NO5. The molecule has 0 spiro atoms. The average molecular weight is 293 g/mol. The molecule has 2 rings (SSSR count). The van der Waals surface area contributed by atoms with Crippen molar-refractivity contribution in [2.45, 2.75) is 32.4 Å². The van der Waals surface area contributed by atoms with Crippen LogP contribution in [0, 0.1) is 5.92 Å². The predicted molar refractivity (Wildman–Crippen MR) is 75.4 cm³/mol. The van der Waals surface area contributed by atoms with Gasteiger partial charge < -0.3 is 19.9 Å². The first kappa shape index (κ1) is 15.2. The highest BCUT2D eigenvalue weighted by Gasteiger charge is 2.32. The van der Waals surface area contributed by atoms with Gasteiger partial charge in [0, 0.05) is 0 Å². The third-order valence-electron chi connectivity index (χ3n) is 3.58. The van der Waals surface area contributed by atoms with E-state index >= 15 is 0 Å². The first-order chi connectivity index (χ1) is 10.0. The van der Waals surface area contributed by atoms with E-state index in [0.29, 0.717) is 17.9 Å². The Labute approximate surface area is 123 Å². The van der Waals surface area contributed by atoms with E-state index in [9.17, 15) is 14.7 Å². The predicted octanol–water partition coefficient (Wildman–Crippen LogP) is 1.44. The first-order valence-corrected chi connectivity index (χ1v) is 6.94. The van der Waals surface area contributed by atoms with E-state index in [1.165, 1.54) is 0 Å². The van der Waals surface area contributed by atoms with Crippen molar-refractivity contribution in [2.24, 2.45) is 5.92 Å². The number of carbonyl (C=O) groups excluding carboxylic acids is 1. The topological polar surface area (TPSA) is 84.9 Å².